The molecule has 0 radical (unpaired) electrons. The molecular weight excluding hydrogens is 252 g/mol. The Morgan fingerprint density at radius 2 is 2.10 bits per heavy atom. The summed E-state index contributed by atoms with van der Waals surface area (Å²) < 4.78 is 0. The van der Waals surface area contributed by atoms with Crippen molar-refractivity contribution in [3.8, 4) is 0 Å². The van der Waals surface area contributed by atoms with E-state index in [4.69, 9.17) is 0 Å². The second kappa shape index (κ2) is 5.47. The summed E-state index contributed by atoms with van der Waals surface area (Å²) in [5.41, 5.74) is 0. The zero-order valence-corrected chi connectivity index (χ0v) is 12.6. The van der Waals surface area contributed by atoms with Gasteiger partial charge in [0.05, 0.1) is 12.5 Å². The molecule has 112 valence electrons. The van der Waals surface area contributed by atoms with Crippen LogP contribution in [0.4, 0.5) is 0 Å². The monoisotopic (exact) mass is 278 g/mol. The van der Waals surface area contributed by atoms with Gasteiger partial charge in [-0.25, -0.2) is 0 Å². The van der Waals surface area contributed by atoms with Crippen molar-refractivity contribution >= 4 is 11.8 Å². The van der Waals surface area contributed by atoms with Gasteiger partial charge in [0.25, 0.3) is 0 Å². The summed E-state index contributed by atoms with van der Waals surface area (Å²) in [6.07, 6.45) is 6.65. The van der Waals surface area contributed by atoms with E-state index in [1.165, 1.54) is 30.6 Å². The van der Waals surface area contributed by atoms with Gasteiger partial charge in [0.2, 0.25) is 11.8 Å². The summed E-state index contributed by atoms with van der Waals surface area (Å²) in [6.45, 7) is 4.77. The zero-order valence-electron chi connectivity index (χ0n) is 12.6. The number of hydrogen-bond acceptors (Lipinski definition) is 3. The Hall–Kier alpha value is -0.900. The minimum absolute atomic E-state index is 0.00510. The molecule has 2 saturated carbocycles. The molecule has 5 unspecified atom stereocenters. The average Bonchev–Trinajstić information content (AvgIpc) is 3.10. The number of carbonyl (C=O) groups excluding carboxylic acids is 2. The summed E-state index contributed by atoms with van der Waals surface area (Å²) in [5.74, 6) is 2.46. The molecule has 0 spiro atoms. The molecule has 2 amide bonds. The van der Waals surface area contributed by atoms with Crippen molar-refractivity contribution < 1.29 is 9.59 Å². The van der Waals surface area contributed by atoms with Crippen molar-refractivity contribution in [1.82, 2.24) is 10.2 Å². The SMILES string of the molecule is CCCN1C(=O)CC(NC(C)C2CC3CCC2C3)C1=O. The second-order valence-electron chi connectivity index (χ2n) is 6.93. The van der Waals surface area contributed by atoms with E-state index in [0.29, 0.717) is 24.9 Å². The van der Waals surface area contributed by atoms with Crippen molar-refractivity contribution in [1.29, 1.82) is 0 Å². The van der Waals surface area contributed by atoms with Crippen molar-refractivity contribution in [2.24, 2.45) is 17.8 Å². The van der Waals surface area contributed by atoms with Gasteiger partial charge in [0.15, 0.2) is 0 Å². The molecule has 3 fully saturated rings. The van der Waals surface area contributed by atoms with Crippen LogP contribution >= 0.6 is 0 Å². The smallest absolute Gasteiger partial charge is 0.246 e. The molecule has 2 aliphatic carbocycles. The number of nitrogens with one attached hydrogen (secondary N) is 1. The summed E-state index contributed by atoms with van der Waals surface area (Å²) in [7, 11) is 0. The second-order valence-corrected chi connectivity index (χ2v) is 6.93. The molecule has 20 heavy (non-hydrogen) atoms. The fourth-order valence-corrected chi connectivity index (χ4v) is 4.62. The average molecular weight is 278 g/mol. The molecule has 0 aromatic rings. The highest BCUT2D eigenvalue weighted by atomic mass is 16.2. The number of nitrogens with zero attached hydrogens (tertiary/aromatic N) is 1. The number of amides is 2. The minimum atomic E-state index is -0.275. The standard InChI is InChI=1S/C16H26N2O2/c1-3-6-18-15(19)9-14(16(18)20)17-10(2)13-8-11-4-5-12(13)7-11/h10-14,17H,3-9H2,1-2H3. The molecule has 0 aromatic carbocycles. The molecule has 1 aliphatic heterocycles. The third kappa shape index (κ3) is 2.39. The first-order valence-corrected chi connectivity index (χ1v) is 8.20. The fourth-order valence-electron chi connectivity index (χ4n) is 4.62. The van der Waals surface area contributed by atoms with Gasteiger partial charge in [-0.15, -0.1) is 0 Å². The van der Waals surface area contributed by atoms with Crippen LogP contribution in [0, 0.1) is 17.8 Å². The van der Waals surface area contributed by atoms with Crippen LogP contribution in [0.15, 0.2) is 0 Å². The molecule has 3 aliphatic rings. The van der Waals surface area contributed by atoms with Crippen molar-refractivity contribution in [2.45, 2.75) is 64.5 Å². The van der Waals surface area contributed by atoms with Crippen molar-refractivity contribution in [2.75, 3.05) is 6.54 Å². The van der Waals surface area contributed by atoms with Gasteiger partial charge in [-0.1, -0.05) is 13.3 Å². The van der Waals surface area contributed by atoms with Crippen molar-refractivity contribution in [3.05, 3.63) is 0 Å². The molecular formula is C16H26N2O2. The van der Waals surface area contributed by atoms with E-state index in [0.717, 1.165) is 18.3 Å². The molecule has 5 atom stereocenters. The largest absolute Gasteiger partial charge is 0.303 e. The highest BCUT2D eigenvalue weighted by molar-refractivity contribution is 6.05. The normalized spacial score (nSPS) is 38.0. The molecule has 0 aromatic heterocycles. The first kappa shape index (κ1) is 14.1. The molecule has 1 saturated heterocycles. The lowest BCUT2D eigenvalue weighted by atomic mass is 9.83. The topological polar surface area (TPSA) is 49.4 Å². The third-order valence-corrected chi connectivity index (χ3v) is 5.59. The molecule has 4 nitrogen and oxygen atoms in total. The van der Waals surface area contributed by atoms with E-state index in [2.05, 4.69) is 12.2 Å². The van der Waals surface area contributed by atoms with Gasteiger partial charge in [-0.3, -0.25) is 14.5 Å². The lowest BCUT2D eigenvalue weighted by molar-refractivity contribution is -0.138. The van der Waals surface area contributed by atoms with Crippen LogP contribution in [-0.4, -0.2) is 35.3 Å². The maximum atomic E-state index is 12.3. The number of likely N-dealkylation sites (tertiary alicyclic amines) is 1. The predicted octanol–water partition coefficient (Wildman–Crippen LogP) is 1.94. The van der Waals surface area contributed by atoms with E-state index >= 15 is 0 Å². The maximum absolute atomic E-state index is 12.3. The van der Waals surface area contributed by atoms with E-state index in [1.807, 2.05) is 6.92 Å². The van der Waals surface area contributed by atoms with Crippen LogP contribution in [-0.2, 0) is 9.59 Å². The minimum Gasteiger partial charge on any atom is -0.303 e. The van der Waals surface area contributed by atoms with Gasteiger partial charge < -0.3 is 5.32 Å². The van der Waals surface area contributed by atoms with Gasteiger partial charge in [-0.2, -0.15) is 0 Å². The Bertz CT molecular complexity index is 409. The Labute approximate surface area is 121 Å². The Morgan fingerprint density at radius 1 is 1.30 bits per heavy atom. The number of rotatable bonds is 5. The molecule has 3 rings (SSSR count). The Kier molecular flexibility index (Phi) is 3.85. The van der Waals surface area contributed by atoms with Crippen LogP contribution in [0.3, 0.4) is 0 Å². The lowest BCUT2D eigenvalue weighted by Gasteiger charge is -2.30. The van der Waals surface area contributed by atoms with Crippen LogP contribution in [0.2, 0.25) is 0 Å². The van der Waals surface area contributed by atoms with Gasteiger partial charge in [0, 0.05) is 12.6 Å². The van der Waals surface area contributed by atoms with E-state index in [-0.39, 0.29) is 17.9 Å². The third-order valence-electron chi connectivity index (χ3n) is 5.59. The molecule has 1 heterocycles. The maximum Gasteiger partial charge on any atom is 0.246 e. The zero-order chi connectivity index (χ0) is 14.3. The highest BCUT2D eigenvalue weighted by Crippen LogP contribution is 2.49. The van der Waals surface area contributed by atoms with E-state index < -0.39 is 0 Å². The first-order chi connectivity index (χ1) is 9.60. The number of fused-ring (bicyclic) bond motifs is 2. The number of imide groups is 1. The molecule has 4 heteroatoms. The van der Waals surface area contributed by atoms with E-state index in [1.54, 1.807) is 0 Å². The quantitative estimate of drug-likeness (QED) is 0.782. The molecule has 1 N–H and O–H groups in total. The summed E-state index contributed by atoms with van der Waals surface area (Å²) in [5, 5.41) is 3.46. The number of hydrogen-bond donors (Lipinski definition) is 1. The van der Waals surface area contributed by atoms with Crippen LogP contribution in [0.1, 0.15) is 52.4 Å². The van der Waals surface area contributed by atoms with E-state index in [9.17, 15) is 9.59 Å². The summed E-state index contributed by atoms with van der Waals surface area (Å²) >= 11 is 0. The first-order valence-electron chi connectivity index (χ1n) is 8.20. The van der Waals surface area contributed by atoms with Crippen LogP contribution in [0.5, 0.6) is 0 Å². The number of carbonyl (C=O) groups is 2. The van der Waals surface area contributed by atoms with Crippen LogP contribution < -0.4 is 5.32 Å². The predicted molar refractivity (Wildman–Crippen MR) is 77.0 cm³/mol. The van der Waals surface area contributed by atoms with Crippen molar-refractivity contribution in [3.63, 3.8) is 0 Å². The fraction of sp³-hybridized carbons (Fsp3) is 0.875. The van der Waals surface area contributed by atoms with Crippen LogP contribution in [0.25, 0.3) is 0 Å². The van der Waals surface area contributed by atoms with Gasteiger partial charge in [0.1, 0.15) is 0 Å². The Morgan fingerprint density at radius 3 is 2.70 bits per heavy atom. The summed E-state index contributed by atoms with van der Waals surface area (Å²) in [4.78, 5) is 25.6. The highest BCUT2D eigenvalue weighted by Gasteiger charge is 2.44. The van der Waals surface area contributed by atoms with Gasteiger partial charge in [-0.05, 0) is 50.4 Å². The molecule has 2 bridgehead atoms. The van der Waals surface area contributed by atoms with Gasteiger partial charge >= 0.3 is 0 Å². The lowest BCUT2D eigenvalue weighted by Crippen LogP contribution is -2.46. The summed E-state index contributed by atoms with van der Waals surface area (Å²) in [6, 6.07) is 0.0804. The Balaban J connectivity index is 1.58.